The lowest BCUT2D eigenvalue weighted by molar-refractivity contribution is 0.222. The predicted molar refractivity (Wildman–Crippen MR) is 113 cm³/mol. The zero-order valence-electron chi connectivity index (χ0n) is 16.8. The van der Waals surface area contributed by atoms with E-state index in [0.717, 1.165) is 19.0 Å². The molecule has 0 amide bonds. The first-order valence-corrected chi connectivity index (χ1v) is 10.5. The first-order chi connectivity index (χ1) is 13.1. The molecule has 3 heterocycles. The highest BCUT2D eigenvalue weighted by Gasteiger charge is 2.40. The molecule has 0 aliphatic carbocycles. The van der Waals surface area contributed by atoms with Crippen molar-refractivity contribution in [2.75, 3.05) is 7.05 Å². The van der Waals surface area contributed by atoms with Crippen LogP contribution in [0.5, 0.6) is 0 Å². The summed E-state index contributed by atoms with van der Waals surface area (Å²) in [6, 6.07) is 19.5. The van der Waals surface area contributed by atoms with E-state index in [9.17, 15) is 0 Å². The third-order valence-electron chi connectivity index (χ3n) is 6.97. The molecule has 2 nitrogen and oxygen atoms in total. The maximum atomic E-state index is 2.65. The SMILES string of the molecule is CC(C)c1ccc2c(c1)c1c(n2CCc2ccccc2)CC2CCC1N2C. The van der Waals surface area contributed by atoms with E-state index < -0.39 is 0 Å². The van der Waals surface area contributed by atoms with Gasteiger partial charge in [-0.1, -0.05) is 50.2 Å². The van der Waals surface area contributed by atoms with Gasteiger partial charge in [0.05, 0.1) is 0 Å². The van der Waals surface area contributed by atoms with Gasteiger partial charge < -0.3 is 4.57 Å². The average Bonchev–Trinajstić information content (AvgIpc) is 3.10. The van der Waals surface area contributed by atoms with Crippen LogP contribution in [0, 0.1) is 0 Å². The first kappa shape index (κ1) is 17.1. The second-order valence-electron chi connectivity index (χ2n) is 8.80. The summed E-state index contributed by atoms with van der Waals surface area (Å²) in [5.41, 5.74) is 7.60. The van der Waals surface area contributed by atoms with Crippen molar-refractivity contribution in [2.24, 2.45) is 0 Å². The highest BCUT2D eigenvalue weighted by atomic mass is 15.2. The minimum absolute atomic E-state index is 0.579. The fourth-order valence-corrected chi connectivity index (χ4v) is 5.37. The van der Waals surface area contributed by atoms with E-state index in [-0.39, 0.29) is 0 Å². The van der Waals surface area contributed by atoms with Crippen LogP contribution in [0.4, 0.5) is 0 Å². The van der Waals surface area contributed by atoms with Crippen LogP contribution in [0.3, 0.4) is 0 Å². The number of aryl methyl sites for hydroxylation is 2. The van der Waals surface area contributed by atoms with E-state index in [1.165, 1.54) is 41.3 Å². The van der Waals surface area contributed by atoms with Crippen LogP contribution in [0.2, 0.25) is 0 Å². The van der Waals surface area contributed by atoms with Gasteiger partial charge in [-0.25, -0.2) is 0 Å². The van der Waals surface area contributed by atoms with Crippen molar-refractivity contribution in [1.29, 1.82) is 0 Å². The van der Waals surface area contributed by atoms with Crippen LogP contribution in [-0.4, -0.2) is 22.6 Å². The molecule has 140 valence electrons. The number of rotatable bonds is 4. The molecule has 0 radical (unpaired) electrons. The summed E-state index contributed by atoms with van der Waals surface area (Å²) in [6.45, 7) is 5.69. The van der Waals surface area contributed by atoms with E-state index >= 15 is 0 Å². The van der Waals surface area contributed by atoms with Gasteiger partial charge in [-0.05, 0) is 61.1 Å². The number of fused-ring (bicyclic) bond motifs is 6. The summed E-state index contributed by atoms with van der Waals surface area (Å²) in [7, 11) is 2.34. The molecule has 27 heavy (non-hydrogen) atoms. The van der Waals surface area contributed by atoms with Crippen LogP contribution in [0.1, 0.15) is 61.0 Å². The molecule has 2 aliphatic heterocycles. The van der Waals surface area contributed by atoms with Gasteiger partial charge in [0.1, 0.15) is 0 Å². The normalized spacial score (nSPS) is 21.9. The van der Waals surface area contributed by atoms with Gasteiger partial charge >= 0.3 is 0 Å². The Kier molecular flexibility index (Phi) is 4.12. The first-order valence-electron chi connectivity index (χ1n) is 10.5. The lowest BCUT2D eigenvalue weighted by Gasteiger charge is -2.32. The van der Waals surface area contributed by atoms with E-state index in [1.54, 1.807) is 11.3 Å². The van der Waals surface area contributed by atoms with Crippen LogP contribution in [-0.2, 0) is 19.4 Å². The molecule has 5 rings (SSSR count). The largest absolute Gasteiger partial charge is 0.344 e. The second kappa shape index (κ2) is 6.53. The minimum Gasteiger partial charge on any atom is -0.344 e. The molecule has 2 aliphatic rings. The summed E-state index contributed by atoms with van der Waals surface area (Å²) in [6.07, 6.45) is 4.98. The Bertz CT molecular complexity index is 967. The lowest BCUT2D eigenvalue weighted by atomic mass is 9.95. The zero-order valence-corrected chi connectivity index (χ0v) is 16.8. The fraction of sp³-hybridized carbons (Fsp3) is 0.440. The number of nitrogens with zero attached hydrogens (tertiary/aromatic N) is 2. The molecule has 2 atom stereocenters. The molecule has 0 spiro atoms. The average molecular weight is 359 g/mol. The number of hydrogen-bond donors (Lipinski definition) is 0. The van der Waals surface area contributed by atoms with Gasteiger partial charge in [-0.3, -0.25) is 4.90 Å². The monoisotopic (exact) mass is 358 g/mol. The molecule has 2 heteroatoms. The summed E-state index contributed by atoms with van der Waals surface area (Å²) in [5, 5.41) is 1.52. The van der Waals surface area contributed by atoms with Crippen molar-refractivity contribution in [3.05, 3.63) is 70.9 Å². The zero-order chi connectivity index (χ0) is 18.5. The van der Waals surface area contributed by atoms with Crippen molar-refractivity contribution in [3.63, 3.8) is 0 Å². The van der Waals surface area contributed by atoms with Gasteiger partial charge in [0, 0.05) is 41.6 Å². The summed E-state index contributed by atoms with van der Waals surface area (Å²) < 4.78 is 2.65. The summed E-state index contributed by atoms with van der Waals surface area (Å²) >= 11 is 0. The van der Waals surface area contributed by atoms with Gasteiger partial charge in [0.2, 0.25) is 0 Å². The maximum Gasteiger partial charge on any atom is 0.0486 e. The third-order valence-corrected chi connectivity index (χ3v) is 6.97. The van der Waals surface area contributed by atoms with Crippen molar-refractivity contribution in [2.45, 2.75) is 64.1 Å². The molecule has 2 bridgehead atoms. The quantitative estimate of drug-likeness (QED) is 0.581. The standard InChI is InChI=1S/C25H30N2/c1-17(2)19-9-11-22-21(15-19)25-23-12-10-20(26(23)3)16-24(25)27(22)14-13-18-7-5-4-6-8-18/h4-9,11,15,17,20,23H,10,12-14,16H2,1-3H3. The number of hydrogen-bond acceptors (Lipinski definition) is 1. The highest BCUT2D eigenvalue weighted by molar-refractivity contribution is 5.87. The van der Waals surface area contributed by atoms with E-state index in [0.29, 0.717) is 12.0 Å². The third kappa shape index (κ3) is 2.73. The molecule has 1 saturated heterocycles. The van der Waals surface area contributed by atoms with Crippen LogP contribution >= 0.6 is 0 Å². The van der Waals surface area contributed by atoms with Gasteiger partial charge in [-0.15, -0.1) is 0 Å². The van der Waals surface area contributed by atoms with Crippen LogP contribution < -0.4 is 0 Å². The molecular weight excluding hydrogens is 328 g/mol. The molecule has 1 fully saturated rings. The molecule has 2 aromatic carbocycles. The minimum atomic E-state index is 0.579. The van der Waals surface area contributed by atoms with Crippen molar-refractivity contribution in [1.82, 2.24) is 9.47 Å². The Morgan fingerprint density at radius 3 is 2.63 bits per heavy atom. The molecular formula is C25H30N2. The van der Waals surface area contributed by atoms with E-state index in [4.69, 9.17) is 0 Å². The second-order valence-corrected chi connectivity index (χ2v) is 8.80. The van der Waals surface area contributed by atoms with Crippen LogP contribution in [0.25, 0.3) is 10.9 Å². The molecule has 0 saturated carbocycles. The fourth-order valence-electron chi connectivity index (χ4n) is 5.37. The predicted octanol–water partition coefficient (Wildman–Crippen LogP) is 5.70. The molecule has 1 aromatic heterocycles. The smallest absolute Gasteiger partial charge is 0.0486 e. The molecule has 0 N–H and O–H groups in total. The maximum absolute atomic E-state index is 2.65. The summed E-state index contributed by atoms with van der Waals surface area (Å²) in [5.74, 6) is 0.579. The summed E-state index contributed by atoms with van der Waals surface area (Å²) in [4.78, 5) is 2.64. The number of likely N-dealkylation sites (N-methyl/N-ethyl adjacent to an activating group) is 1. The Morgan fingerprint density at radius 1 is 1.04 bits per heavy atom. The van der Waals surface area contributed by atoms with Gasteiger partial charge in [-0.2, -0.15) is 0 Å². The Labute approximate surface area is 162 Å². The molecule has 3 aromatic rings. The Balaban J connectivity index is 1.63. The Morgan fingerprint density at radius 2 is 1.85 bits per heavy atom. The topological polar surface area (TPSA) is 8.17 Å². The van der Waals surface area contributed by atoms with Crippen LogP contribution in [0.15, 0.2) is 48.5 Å². The van der Waals surface area contributed by atoms with Crippen molar-refractivity contribution >= 4 is 10.9 Å². The van der Waals surface area contributed by atoms with Gasteiger partial charge in [0.25, 0.3) is 0 Å². The van der Waals surface area contributed by atoms with Gasteiger partial charge in [0.15, 0.2) is 0 Å². The Hall–Kier alpha value is -2.06. The lowest BCUT2D eigenvalue weighted by Crippen LogP contribution is -2.34. The van der Waals surface area contributed by atoms with Crippen molar-refractivity contribution in [3.8, 4) is 0 Å². The van der Waals surface area contributed by atoms with E-state index in [1.807, 2.05) is 0 Å². The number of benzene rings is 2. The number of aromatic nitrogens is 1. The van der Waals surface area contributed by atoms with E-state index in [2.05, 4.69) is 78.9 Å². The van der Waals surface area contributed by atoms with Crippen molar-refractivity contribution < 1.29 is 0 Å². The molecule has 2 unspecified atom stereocenters. The highest BCUT2D eigenvalue weighted by Crippen LogP contribution is 2.47.